The molecular weight excluding hydrogens is 285 g/mol. The van der Waals surface area contributed by atoms with Crippen LogP contribution in [-0.2, 0) is 4.79 Å². The van der Waals surface area contributed by atoms with E-state index in [-0.39, 0.29) is 5.91 Å². The maximum Gasteiger partial charge on any atom is 0.471 e. The minimum absolute atomic E-state index is 0.160. The van der Waals surface area contributed by atoms with E-state index in [0.29, 0.717) is 11.1 Å². The fourth-order valence-corrected chi connectivity index (χ4v) is 1.33. The Kier molecular flexibility index (Phi) is 5.36. The van der Waals surface area contributed by atoms with Crippen molar-refractivity contribution in [1.29, 1.82) is 0 Å². The van der Waals surface area contributed by atoms with Gasteiger partial charge in [0.05, 0.1) is 6.54 Å². The Balaban J connectivity index is 2.60. The fraction of sp³-hybridized carbons (Fsp3) is 0.286. The van der Waals surface area contributed by atoms with E-state index in [1.54, 1.807) is 43.7 Å². The largest absolute Gasteiger partial charge is 0.471 e. The van der Waals surface area contributed by atoms with E-state index in [2.05, 4.69) is 11.8 Å². The predicted octanol–water partition coefficient (Wildman–Crippen LogP) is 1.42. The molecule has 1 aromatic rings. The van der Waals surface area contributed by atoms with Gasteiger partial charge >= 0.3 is 12.1 Å². The van der Waals surface area contributed by atoms with Crippen molar-refractivity contribution in [3.05, 3.63) is 35.4 Å². The average molecular weight is 298 g/mol. The third-order valence-corrected chi connectivity index (χ3v) is 2.37. The number of carbonyl (C=O) groups excluding carboxylic acids is 2. The number of carbonyl (C=O) groups is 2. The summed E-state index contributed by atoms with van der Waals surface area (Å²) in [6, 6.07) is 6.30. The Morgan fingerprint density at radius 2 is 1.76 bits per heavy atom. The number of hydrogen-bond acceptors (Lipinski definition) is 2. The molecular formula is C14H13F3N2O2. The van der Waals surface area contributed by atoms with Crippen LogP contribution in [-0.4, -0.2) is 43.5 Å². The molecule has 0 aliphatic rings. The molecule has 112 valence electrons. The zero-order valence-corrected chi connectivity index (χ0v) is 11.4. The van der Waals surface area contributed by atoms with Crippen molar-refractivity contribution in [2.75, 3.05) is 20.6 Å². The summed E-state index contributed by atoms with van der Waals surface area (Å²) in [7, 11) is 3.25. The number of hydrogen-bond donors (Lipinski definition) is 1. The van der Waals surface area contributed by atoms with Gasteiger partial charge in [-0.05, 0) is 24.3 Å². The van der Waals surface area contributed by atoms with Crippen molar-refractivity contribution in [3.63, 3.8) is 0 Å². The summed E-state index contributed by atoms with van der Waals surface area (Å²) in [5.41, 5.74) is 1.02. The Morgan fingerprint density at radius 1 is 1.19 bits per heavy atom. The molecule has 7 heteroatoms. The molecule has 21 heavy (non-hydrogen) atoms. The molecule has 1 rings (SSSR count). The summed E-state index contributed by atoms with van der Waals surface area (Å²) in [5.74, 6) is 2.80. The number of rotatable bonds is 2. The first kappa shape index (κ1) is 16.6. The van der Waals surface area contributed by atoms with Crippen LogP contribution in [0, 0.1) is 11.8 Å². The normalized spacial score (nSPS) is 10.3. The molecule has 0 saturated carbocycles. The second kappa shape index (κ2) is 6.79. The van der Waals surface area contributed by atoms with E-state index < -0.39 is 18.6 Å². The van der Waals surface area contributed by atoms with Gasteiger partial charge < -0.3 is 10.2 Å². The van der Waals surface area contributed by atoms with E-state index in [9.17, 15) is 22.8 Å². The van der Waals surface area contributed by atoms with Crippen molar-refractivity contribution in [3.8, 4) is 11.8 Å². The summed E-state index contributed by atoms with van der Waals surface area (Å²) in [4.78, 5) is 23.6. The van der Waals surface area contributed by atoms with Crippen molar-refractivity contribution >= 4 is 11.8 Å². The molecule has 0 aliphatic carbocycles. The minimum atomic E-state index is -4.91. The highest BCUT2D eigenvalue weighted by atomic mass is 19.4. The van der Waals surface area contributed by atoms with Gasteiger partial charge in [-0.25, -0.2) is 0 Å². The molecule has 1 aromatic carbocycles. The van der Waals surface area contributed by atoms with Crippen LogP contribution in [0.25, 0.3) is 0 Å². The van der Waals surface area contributed by atoms with Crippen LogP contribution in [0.4, 0.5) is 13.2 Å². The van der Waals surface area contributed by atoms with Crippen LogP contribution in [0.15, 0.2) is 24.3 Å². The number of nitrogens with zero attached hydrogens (tertiary/aromatic N) is 1. The lowest BCUT2D eigenvalue weighted by Crippen LogP contribution is -2.36. The van der Waals surface area contributed by atoms with E-state index >= 15 is 0 Å². The highest BCUT2D eigenvalue weighted by Gasteiger charge is 2.38. The smallest absolute Gasteiger partial charge is 0.345 e. The fourth-order valence-electron chi connectivity index (χ4n) is 1.33. The Labute approximate surface area is 119 Å². The number of nitrogens with one attached hydrogen (secondary N) is 1. The lowest BCUT2D eigenvalue weighted by molar-refractivity contribution is -0.173. The standard InChI is InChI=1S/C14H13F3N2O2/c1-19(2)12(20)11-7-5-10(6-8-11)4-3-9-18-13(21)14(15,16)17/h5-8H,9H2,1-2H3,(H,18,21). The van der Waals surface area contributed by atoms with Crippen molar-refractivity contribution < 1.29 is 22.8 Å². The second-order valence-corrected chi connectivity index (χ2v) is 4.26. The number of alkyl halides is 3. The first-order valence-corrected chi connectivity index (χ1v) is 5.87. The van der Waals surface area contributed by atoms with Crippen LogP contribution < -0.4 is 5.32 Å². The van der Waals surface area contributed by atoms with Gasteiger partial charge in [-0.15, -0.1) is 0 Å². The molecule has 2 amide bonds. The molecule has 0 radical (unpaired) electrons. The number of halogens is 3. The first-order chi connectivity index (χ1) is 9.71. The van der Waals surface area contributed by atoms with E-state index in [1.165, 1.54) is 4.90 Å². The van der Waals surface area contributed by atoms with Gasteiger partial charge in [-0.3, -0.25) is 9.59 Å². The molecule has 0 aliphatic heterocycles. The quantitative estimate of drug-likeness (QED) is 0.840. The zero-order valence-electron chi connectivity index (χ0n) is 11.4. The summed E-state index contributed by atoms with van der Waals surface area (Å²) >= 11 is 0. The van der Waals surface area contributed by atoms with Gasteiger partial charge in [0.15, 0.2) is 0 Å². The SMILES string of the molecule is CN(C)C(=O)c1ccc(C#CCNC(=O)C(F)(F)F)cc1. The van der Waals surface area contributed by atoms with E-state index in [0.717, 1.165) is 0 Å². The van der Waals surface area contributed by atoms with Crippen molar-refractivity contribution in [2.24, 2.45) is 0 Å². The highest BCUT2D eigenvalue weighted by molar-refractivity contribution is 5.93. The monoisotopic (exact) mass is 298 g/mol. The topological polar surface area (TPSA) is 49.4 Å². The number of benzene rings is 1. The van der Waals surface area contributed by atoms with Gasteiger partial charge in [0, 0.05) is 25.2 Å². The molecule has 4 nitrogen and oxygen atoms in total. The third-order valence-electron chi connectivity index (χ3n) is 2.37. The summed E-state index contributed by atoms with van der Waals surface area (Å²) in [6.45, 7) is -0.406. The average Bonchev–Trinajstić information content (AvgIpc) is 2.42. The van der Waals surface area contributed by atoms with Crippen LogP contribution in [0.2, 0.25) is 0 Å². The van der Waals surface area contributed by atoms with Crippen LogP contribution >= 0.6 is 0 Å². The van der Waals surface area contributed by atoms with Crippen molar-refractivity contribution in [1.82, 2.24) is 10.2 Å². The first-order valence-electron chi connectivity index (χ1n) is 5.87. The minimum Gasteiger partial charge on any atom is -0.345 e. The molecule has 0 saturated heterocycles. The second-order valence-electron chi connectivity index (χ2n) is 4.26. The van der Waals surface area contributed by atoms with Gasteiger partial charge in [-0.2, -0.15) is 13.2 Å². The molecule has 0 unspecified atom stereocenters. The van der Waals surface area contributed by atoms with Crippen LogP contribution in [0.3, 0.4) is 0 Å². The number of amides is 2. The molecule has 0 atom stereocenters. The molecule has 0 bridgehead atoms. The van der Waals surface area contributed by atoms with Crippen molar-refractivity contribution in [2.45, 2.75) is 6.18 Å². The zero-order chi connectivity index (χ0) is 16.0. The lowest BCUT2D eigenvalue weighted by Gasteiger charge is -2.09. The van der Waals surface area contributed by atoms with E-state index in [4.69, 9.17) is 0 Å². The maximum absolute atomic E-state index is 11.9. The Hall–Kier alpha value is -2.49. The van der Waals surface area contributed by atoms with Gasteiger partial charge in [0.1, 0.15) is 0 Å². The van der Waals surface area contributed by atoms with Crippen LogP contribution in [0.1, 0.15) is 15.9 Å². The Bertz CT molecular complexity index is 581. The van der Waals surface area contributed by atoms with Gasteiger partial charge in [0.2, 0.25) is 0 Å². The summed E-state index contributed by atoms with van der Waals surface area (Å²) in [6.07, 6.45) is -4.91. The lowest BCUT2D eigenvalue weighted by atomic mass is 10.1. The van der Waals surface area contributed by atoms with E-state index in [1.807, 2.05) is 0 Å². The Morgan fingerprint density at radius 3 is 2.24 bits per heavy atom. The molecule has 0 aromatic heterocycles. The van der Waals surface area contributed by atoms with Gasteiger partial charge in [-0.1, -0.05) is 11.8 Å². The maximum atomic E-state index is 11.9. The predicted molar refractivity (Wildman–Crippen MR) is 70.4 cm³/mol. The molecule has 1 N–H and O–H groups in total. The molecule has 0 heterocycles. The third kappa shape index (κ3) is 5.18. The summed E-state index contributed by atoms with van der Waals surface area (Å²) < 4.78 is 35.7. The molecule has 0 fully saturated rings. The van der Waals surface area contributed by atoms with Crippen LogP contribution in [0.5, 0.6) is 0 Å². The summed E-state index contributed by atoms with van der Waals surface area (Å²) in [5, 5.41) is 1.64. The molecule has 0 spiro atoms. The van der Waals surface area contributed by atoms with Gasteiger partial charge in [0.25, 0.3) is 5.91 Å². The highest BCUT2D eigenvalue weighted by Crippen LogP contribution is 2.13.